The number of rotatable bonds is 6. The van der Waals surface area contributed by atoms with Gasteiger partial charge in [-0.1, -0.05) is 48.0 Å². The Hall–Kier alpha value is -4.17. The average Bonchev–Trinajstić information content (AvgIpc) is 3.39. The zero-order chi connectivity index (χ0) is 27.8. The fourth-order valence-electron chi connectivity index (χ4n) is 5.64. The number of carbonyl (C=O) groups is 1. The summed E-state index contributed by atoms with van der Waals surface area (Å²) in [5.41, 5.74) is 3.97. The molecule has 0 unspecified atom stereocenters. The van der Waals surface area contributed by atoms with Crippen molar-refractivity contribution in [2.45, 2.75) is 39.3 Å². The molecule has 3 heterocycles. The minimum absolute atomic E-state index is 0.103. The van der Waals surface area contributed by atoms with Gasteiger partial charge in [-0.05, 0) is 61.4 Å². The molecule has 1 atom stereocenters. The van der Waals surface area contributed by atoms with Crippen LogP contribution < -0.4 is 10.5 Å². The summed E-state index contributed by atoms with van der Waals surface area (Å²) < 4.78 is 3.55. The molecule has 1 saturated heterocycles. The van der Waals surface area contributed by atoms with E-state index in [2.05, 4.69) is 53.2 Å². The van der Waals surface area contributed by atoms with Crippen molar-refractivity contribution in [1.82, 2.24) is 24.1 Å². The van der Waals surface area contributed by atoms with Crippen LogP contribution in [-0.4, -0.2) is 55.6 Å². The molecule has 1 aliphatic rings. The molecule has 3 aromatic carbocycles. The van der Waals surface area contributed by atoms with Crippen LogP contribution in [-0.2, 0) is 17.8 Å². The second-order valence-electron chi connectivity index (χ2n) is 10.5. The first-order valence-electron chi connectivity index (χ1n) is 13.6. The number of hydrogen-bond acceptors (Lipinski definition) is 5. The number of nitrogens with zero attached hydrogens (tertiary/aromatic N) is 6. The maximum absolute atomic E-state index is 13.5. The first kappa shape index (κ1) is 26.1. The molecule has 0 spiro atoms. The molecule has 6 rings (SSSR count). The lowest BCUT2D eigenvalue weighted by Gasteiger charge is -2.41. The Morgan fingerprint density at radius 2 is 1.80 bits per heavy atom. The number of carbonyl (C=O) groups excluding carboxylic acids is 1. The molecule has 1 fully saturated rings. The number of amides is 1. The molecule has 8 nitrogen and oxygen atoms in total. The van der Waals surface area contributed by atoms with E-state index in [1.54, 1.807) is 4.57 Å². The number of hydrogen-bond donors (Lipinski definition) is 0. The van der Waals surface area contributed by atoms with Gasteiger partial charge in [0.15, 0.2) is 0 Å². The minimum atomic E-state index is -0.131. The standard InChI is InChI=1S/C31H31ClN6O2/c1-21-6-5-7-25(18-21)36-17-16-35(19-22(36)2)29(39)15-14-28-33-34-31-37(20-23-10-12-24(32)13-11-23)30(40)26-8-3-4-9-27(26)38(28)31/h3-13,18,22H,14-17,19-20H2,1-2H3/t22-/m1/s1. The Bertz CT molecular complexity index is 1760. The van der Waals surface area contributed by atoms with Gasteiger partial charge in [-0.2, -0.15) is 0 Å². The van der Waals surface area contributed by atoms with E-state index < -0.39 is 0 Å². The highest BCUT2D eigenvalue weighted by Gasteiger charge is 2.27. The summed E-state index contributed by atoms with van der Waals surface area (Å²) in [6.45, 7) is 6.76. The van der Waals surface area contributed by atoms with E-state index >= 15 is 0 Å². The number of aromatic nitrogens is 4. The second kappa shape index (κ2) is 10.8. The van der Waals surface area contributed by atoms with Crippen LogP contribution in [0.5, 0.6) is 0 Å². The van der Waals surface area contributed by atoms with Crippen LogP contribution in [0.3, 0.4) is 0 Å². The number of benzene rings is 3. The van der Waals surface area contributed by atoms with Crippen molar-refractivity contribution in [3.63, 3.8) is 0 Å². The van der Waals surface area contributed by atoms with Crippen LogP contribution in [0, 0.1) is 6.92 Å². The first-order valence-corrected chi connectivity index (χ1v) is 14.0. The number of aryl methyl sites for hydroxylation is 2. The van der Waals surface area contributed by atoms with Crippen molar-refractivity contribution in [1.29, 1.82) is 0 Å². The van der Waals surface area contributed by atoms with E-state index in [4.69, 9.17) is 11.6 Å². The lowest BCUT2D eigenvalue weighted by atomic mass is 10.1. The van der Waals surface area contributed by atoms with Crippen molar-refractivity contribution in [2.24, 2.45) is 0 Å². The van der Waals surface area contributed by atoms with E-state index in [0.29, 0.717) is 54.5 Å². The number of halogens is 1. The number of para-hydroxylation sites is 1. The van der Waals surface area contributed by atoms with Crippen molar-refractivity contribution < 1.29 is 4.79 Å². The molecular formula is C31H31ClN6O2. The Kier molecular flexibility index (Phi) is 7.02. The molecule has 2 aromatic heterocycles. The zero-order valence-corrected chi connectivity index (χ0v) is 23.4. The molecular weight excluding hydrogens is 524 g/mol. The van der Waals surface area contributed by atoms with Gasteiger partial charge in [0.2, 0.25) is 11.7 Å². The van der Waals surface area contributed by atoms with E-state index in [0.717, 1.165) is 17.6 Å². The highest BCUT2D eigenvalue weighted by molar-refractivity contribution is 6.30. The molecule has 1 amide bonds. The summed E-state index contributed by atoms with van der Waals surface area (Å²) in [4.78, 5) is 31.1. The molecule has 0 N–H and O–H groups in total. The quantitative estimate of drug-likeness (QED) is 0.303. The van der Waals surface area contributed by atoms with Crippen LogP contribution in [0.2, 0.25) is 5.02 Å². The van der Waals surface area contributed by atoms with Crippen LogP contribution in [0.1, 0.15) is 30.3 Å². The van der Waals surface area contributed by atoms with E-state index in [9.17, 15) is 9.59 Å². The summed E-state index contributed by atoms with van der Waals surface area (Å²) in [6.07, 6.45) is 0.748. The molecule has 0 radical (unpaired) electrons. The maximum Gasteiger partial charge on any atom is 0.263 e. The van der Waals surface area contributed by atoms with Crippen molar-refractivity contribution in [3.05, 3.63) is 105 Å². The number of anilines is 1. The fourth-order valence-corrected chi connectivity index (χ4v) is 5.77. The van der Waals surface area contributed by atoms with Gasteiger partial charge in [0, 0.05) is 49.2 Å². The molecule has 40 heavy (non-hydrogen) atoms. The van der Waals surface area contributed by atoms with Gasteiger partial charge in [0.25, 0.3) is 5.56 Å². The van der Waals surface area contributed by atoms with E-state index in [1.807, 2.05) is 57.8 Å². The van der Waals surface area contributed by atoms with Crippen LogP contribution in [0.25, 0.3) is 16.7 Å². The smallest absolute Gasteiger partial charge is 0.263 e. The molecule has 1 aliphatic heterocycles. The summed E-state index contributed by atoms with van der Waals surface area (Å²) in [5.74, 6) is 1.23. The fraction of sp³-hybridized carbons (Fsp3) is 0.290. The number of piperazine rings is 1. The summed E-state index contributed by atoms with van der Waals surface area (Å²) in [6, 6.07) is 23.6. The topological polar surface area (TPSA) is 75.7 Å². The van der Waals surface area contributed by atoms with Gasteiger partial charge in [-0.15, -0.1) is 10.2 Å². The van der Waals surface area contributed by atoms with Gasteiger partial charge in [-0.25, -0.2) is 0 Å². The Morgan fingerprint density at radius 3 is 2.58 bits per heavy atom. The maximum atomic E-state index is 13.5. The highest BCUT2D eigenvalue weighted by Crippen LogP contribution is 2.23. The molecule has 0 aliphatic carbocycles. The summed E-state index contributed by atoms with van der Waals surface area (Å²) in [5, 5.41) is 10.1. The third-order valence-electron chi connectivity index (χ3n) is 7.70. The zero-order valence-electron chi connectivity index (χ0n) is 22.6. The minimum Gasteiger partial charge on any atom is -0.365 e. The van der Waals surface area contributed by atoms with Gasteiger partial charge in [0.1, 0.15) is 5.82 Å². The molecule has 5 aromatic rings. The third kappa shape index (κ3) is 4.95. The molecule has 0 bridgehead atoms. The van der Waals surface area contributed by atoms with Crippen LogP contribution in [0.4, 0.5) is 5.69 Å². The third-order valence-corrected chi connectivity index (χ3v) is 7.96. The lowest BCUT2D eigenvalue weighted by Crippen LogP contribution is -2.53. The second-order valence-corrected chi connectivity index (χ2v) is 10.9. The highest BCUT2D eigenvalue weighted by atomic mass is 35.5. The van der Waals surface area contributed by atoms with Crippen LogP contribution in [0.15, 0.2) is 77.6 Å². The Balaban J connectivity index is 1.23. The van der Waals surface area contributed by atoms with Crippen molar-refractivity contribution >= 4 is 39.9 Å². The normalized spacial score (nSPS) is 15.7. The summed E-state index contributed by atoms with van der Waals surface area (Å²) in [7, 11) is 0. The van der Waals surface area contributed by atoms with E-state index in [-0.39, 0.29) is 17.5 Å². The predicted octanol–water partition coefficient (Wildman–Crippen LogP) is 4.72. The SMILES string of the molecule is Cc1cccc(N2CCN(C(=O)CCc3nnc4n(Cc5ccc(Cl)cc5)c(=O)c5ccccc5n34)C[C@H]2C)c1. The number of fused-ring (bicyclic) bond motifs is 3. The monoisotopic (exact) mass is 554 g/mol. The van der Waals surface area contributed by atoms with Gasteiger partial charge in [-0.3, -0.25) is 18.6 Å². The first-order chi connectivity index (χ1) is 19.4. The lowest BCUT2D eigenvalue weighted by molar-refractivity contribution is -0.131. The predicted molar refractivity (Wildman–Crippen MR) is 158 cm³/mol. The average molecular weight is 555 g/mol. The Labute approximate surface area is 237 Å². The van der Waals surface area contributed by atoms with Gasteiger partial charge < -0.3 is 9.80 Å². The Morgan fingerprint density at radius 1 is 1.00 bits per heavy atom. The summed E-state index contributed by atoms with van der Waals surface area (Å²) >= 11 is 6.06. The van der Waals surface area contributed by atoms with E-state index in [1.165, 1.54) is 11.3 Å². The molecule has 204 valence electrons. The van der Waals surface area contributed by atoms with Crippen LogP contribution >= 0.6 is 11.6 Å². The van der Waals surface area contributed by atoms with Gasteiger partial charge in [0.05, 0.1) is 17.4 Å². The van der Waals surface area contributed by atoms with Crippen molar-refractivity contribution in [2.75, 3.05) is 24.5 Å². The largest absolute Gasteiger partial charge is 0.365 e. The molecule has 9 heteroatoms. The molecule has 0 saturated carbocycles. The van der Waals surface area contributed by atoms with Gasteiger partial charge >= 0.3 is 0 Å². The van der Waals surface area contributed by atoms with Crippen molar-refractivity contribution in [3.8, 4) is 0 Å².